The molecule has 1 N–H and O–H groups in total. The topological polar surface area (TPSA) is 67.2 Å². The molecule has 0 aliphatic rings. The molecule has 1 rings (SSSR count). The maximum atomic E-state index is 11.4. The minimum absolute atomic E-state index is 0.0671. The molecular formula is C11H22N4O2S. The summed E-state index contributed by atoms with van der Waals surface area (Å²) in [6.07, 6.45) is 3.26. The summed E-state index contributed by atoms with van der Waals surface area (Å²) in [6, 6.07) is 0. The summed E-state index contributed by atoms with van der Waals surface area (Å²) in [6.45, 7) is 9.53. The molecule has 1 aromatic rings. The van der Waals surface area contributed by atoms with Crippen LogP contribution in [0.4, 0.5) is 5.69 Å². The lowest BCUT2D eigenvalue weighted by molar-refractivity contribution is 0.285. The second-order valence-corrected chi connectivity index (χ2v) is 6.04. The van der Waals surface area contributed by atoms with E-state index in [0.29, 0.717) is 5.69 Å². The minimum Gasteiger partial charge on any atom is -0.302 e. The molecule has 0 fully saturated rings. The molecule has 0 spiro atoms. The fraction of sp³-hybridized carbons (Fsp3) is 0.727. The predicted octanol–water partition coefficient (Wildman–Crippen LogP) is 0.986. The smallest absolute Gasteiger partial charge is 0.232 e. The monoisotopic (exact) mass is 274 g/mol. The van der Waals surface area contributed by atoms with Crippen molar-refractivity contribution in [3.05, 3.63) is 12.4 Å². The molecule has 0 aromatic carbocycles. The highest BCUT2D eigenvalue weighted by atomic mass is 32.2. The van der Waals surface area contributed by atoms with Crippen molar-refractivity contribution in [1.82, 2.24) is 14.7 Å². The molecular weight excluding hydrogens is 252 g/mol. The van der Waals surface area contributed by atoms with Crippen LogP contribution in [-0.2, 0) is 16.6 Å². The lowest BCUT2D eigenvalue weighted by atomic mass is 10.4. The molecule has 0 radical (unpaired) electrons. The Morgan fingerprint density at radius 1 is 1.33 bits per heavy atom. The number of nitrogens with zero attached hydrogens (tertiary/aromatic N) is 3. The number of sulfonamides is 1. The maximum absolute atomic E-state index is 11.4. The Hall–Kier alpha value is -1.08. The number of hydrogen-bond acceptors (Lipinski definition) is 4. The van der Waals surface area contributed by atoms with Gasteiger partial charge in [0.05, 0.1) is 24.2 Å². The van der Waals surface area contributed by atoms with Gasteiger partial charge in [0.2, 0.25) is 10.0 Å². The lowest BCUT2D eigenvalue weighted by Gasteiger charge is -2.17. The molecule has 0 saturated carbocycles. The average molecular weight is 274 g/mol. The zero-order valence-electron chi connectivity index (χ0n) is 11.3. The fourth-order valence-corrected chi connectivity index (χ4v) is 2.18. The molecule has 7 heteroatoms. The van der Waals surface area contributed by atoms with Crippen molar-refractivity contribution >= 4 is 15.7 Å². The van der Waals surface area contributed by atoms with Crippen LogP contribution in [0.5, 0.6) is 0 Å². The first kappa shape index (κ1) is 15.0. The van der Waals surface area contributed by atoms with Crippen LogP contribution in [0.25, 0.3) is 0 Å². The zero-order chi connectivity index (χ0) is 13.6. The number of rotatable bonds is 8. The summed E-state index contributed by atoms with van der Waals surface area (Å²) in [5.41, 5.74) is 0.524. The first-order valence-electron chi connectivity index (χ1n) is 6.26. The van der Waals surface area contributed by atoms with Crippen molar-refractivity contribution in [3.63, 3.8) is 0 Å². The van der Waals surface area contributed by atoms with E-state index in [4.69, 9.17) is 0 Å². The van der Waals surface area contributed by atoms with Crippen molar-refractivity contribution in [2.75, 3.05) is 30.1 Å². The molecule has 0 bridgehead atoms. The highest BCUT2D eigenvalue weighted by Crippen LogP contribution is 2.07. The van der Waals surface area contributed by atoms with E-state index in [1.165, 1.54) is 6.20 Å². The van der Waals surface area contributed by atoms with Crippen LogP contribution in [-0.4, -0.2) is 48.5 Å². The van der Waals surface area contributed by atoms with Crippen LogP contribution >= 0.6 is 0 Å². The molecule has 0 amide bonds. The van der Waals surface area contributed by atoms with Crippen LogP contribution in [0.1, 0.15) is 20.8 Å². The molecule has 0 aliphatic heterocycles. The summed E-state index contributed by atoms with van der Waals surface area (Å²) in [5.74, 6) is 0.0671. The van der Waals surface area contributed by atoms with Gasteiger partial charge in [-0.2, -0.15) is 5.10 Å². The van der Waals surface area contributed by atoms with Crippen LogP contribution in [0.2, 0.25) is 0 Å². The number of likely N-dealkylation sites (N-methyl/N-ethyl adjacent to an activating group) is 1. The van der Waals surface area contributed by atoms with Gasteiger partial charge in [-0.1, -0.05) is 13.8 Å². The van der Waals surface area contributed by atoms with Gasteiger partial charge in [0.1, 0.15) is 0 Å². The Morgan fingerprint density at radius 3 is 2.56 bits per heavy atom. The van der Waals surface area contributed by atoms with Crippen LogP contribution in [0, 0.1) is 0 Å². The summed E-state index contributed by atoms with van der Waals surface area (Å²) >= 11 is 0. The third-order valence-electron chi connectivity index (χ3n) is 2.83. The van der Waals surface area contributed by atoms with Gasteiger partial charge in [-0.3, -0.25) is 9.40 Å². The number of hydrogen-bond donors (Lipinski definition) is 1. The van der Waals surface area contributed by atoms with Gasteiger partial charge in [-0.05, 0) is 20.0 Å². The van der Waals surface area contributed by atoms with E-state index < -0.39 is 10.0 Å². The molecule has 0 aliphatic carbocycles. The molecule has 0 unspecified atom stereocenters. The van der Waals surface area contributed by atoms with Crippen molar-refractivity contribution in [2.24, 2.45) is 0 Å². The summed E-state index contributed by atoms with van der Waals surface area (Å²) < 4.78 is 27.0. The molecule has 1 aromatic heterocycles. The lowest BCUT2D eigenvalue weighted by Crippen LogP contribution is -2.27. The van der Waals surface area contributed by atoms with Crippen molar-refractivity contribution < 1.29 is 8.42 Å². The normalized spacial score (nSPS) is 12.0. The summed E-state index contributed by atoms with van der Waals surface area (Å²) in [4.78, 5) is 2.29. The Kier molecular flexibility index (Phi) is 5.61. The Balaban J connectivity index is 2.53. The highest BCUT2D eigenvalue weighted by Gasteiger charge is 2.08. The third-order valence-corrected chi connectivity index (χ3v) is 4.13. The second kappa shape index (κ2) is 6.75. The highest BCUT2D eigenvalue weighted by molar-refractivity contribution is 7.92. The number of anilines is 1. The average Bonchev–Trinajstić information content (AvgIpc) is 2.77. The Bertz CT molecular complexity index is 451. The van der Waals surface area contributed by atoms with Gasteiger partial charge in [0, 0.05) is 12.7 Å². The predicted molar refractivity (Wildman–Crippen MR) is 73.1 cm³/mol. The second-order valence-electron chi connectivity index (χ2n) is 4.02. The Morgan fingerprint density at radius 2 is 2.00 bits per heavy atom. The molecule has 0 saturated heterocycles. The third kappa shape index (κ3) is 4.66. The van der Waals surface area contributed by atoms with Gasteiger partial charge < -0.3 is 4.90 Å². The van der Waals surface area contributed by atoms with E-state index in [2.05, 4.69) is 28.6 Å². The van der Waals surface area contributed by atoms with Gasteiger partial charge in [0.15, 0.2) is 0 Å². The van der Waals surface area contributed by atoms with Crippen molar-refractivity contribution in [2.45, 2.75) is 27.3 Å². The summed E-state index contributed by atoms with van der Waals surface area (Å²) in [5, 5.41) is 4.14. The quantitative estimate of drug-likeness (QED) is 0.767. The van der Waals surface area contributed by atoms with Crippen LogP contribution in [0.3, 0.4) is 0 Å². The van der Waals surface area contributed by atoms with Crippen molar-refractivity contribution in [1.29, 1.82) is 0 Å². The van der Waals surface area contributed by atoms with Gasteiger partial charge >= 0.3 is 0 Å². The molecule has 0 atom stereocenters. The van der Waals surface area contributed by atoms with Crippen molar-refractivity contribution in [3.8, 4) is 0 Å². The van der Waals surface area contributed by atoms with E-state index in [1.807, 2.05) is 0 Å². The molecule has 1 heterocycles. The first-order valence-corrected chi connectivity index (χ1v) is 7.91. The van der Waals surface area contributed by atoms with Gasteiger partial charge in [0.25, 0.3) is 0 Å². The van der Waals surface area contributed by atoms with E-state index in [9.17, 15) is 8.42 Å². The first-order chi connectivity index (χ1) is 8.50. The van der Waals surface area contributed by atoms with E-state index in [1.54, 1.807) is 17.8 Å². The summed E-state index contributed by atoms with van der Waals surface area (Å²) in [7, 11) is -3.21. The SMILES string of the molecule is CCN(CC)CCn1cc(NS(=O)(=O)CC)cn1. The molecule has 6 nitrogen and oxygen atoms in total. The van der Waals surface area contributed by atoms with E-state index >= 15 is 0 Å². The molecule has 104 valence electrons. The van der Waals surface area contributed by atoms with Gasteiger partial charge in [-0.15, -0.1) is 0 Å². The van der Waals surface area contributed by atoms with Crippen LogP contribution < -0.4 is 4.72 Å². The minimum atomic E-state index is -3.21. The number of aromatic nitrogens is 2. The standard InChI is InChI=1S/C11H22N4O2S/c1-4-14(5-2)7-8-15-10-11(9-12-15)13-18(16,17)6-3/h9-10,13H,4-8H2,1-3H3. The zero-order valence-corrected chi connectivity index (χ0v) is 12.1. The van der Waals surface area contributed by atoms with Gasteiger partial charge in [-0.25, -0.2) is 8.42 Å². The van der Waals surface area contributed by atoms with Crippen LogP contribution in [0.15, 0.2) is 12.4 Å². The van der Waals surface area contributed by atoms with E-state index in [-0.39, 0.29) is 5.75 Å². The fourth-order valence-electron chi connectivity index (χ4n) is 1.57. The largest absolute Gasteiger partial charge is 0.302 e. The maximum Gasteiger partial charge on any atom is 0.232 e. The van der Waals surface area contributed by atoms with E-state index in [0.717, 1.165) is 26.2 Å². The molecule has 18 heavy (non-hydrogen) atoms. The number of nitrogens with one attached hydrogen (secondary N) is 1. The Labute approximate surface area is 109 Å².